The molecule has 0 unspecified atom stereocenters. The van der Waals surface area contributed by atoms with Crippen LogP contribution < -0.4 is 16.4 Å². The van der Waals surface area contributed by atoms with Crippen LogP contribution in [-0.2, 0) is 17.1 Å². The summed E-state index contributed by atoms with van der Waals surface area (Å²) >= 11 is 0. The number of amides is 1. The number of carbonyl (C=O) groups excluding carboxylic acids is 1. The summed E-state index contributed by atoms with van der Waals surface area (Å²) in [4.78, 5) is 14.4. The highest BCUT2D eigenvalue weighted by molar-refractivity contribution is 5.77. The lowest BCUT2D eigenvalue weighted by Crippen LogP contribution is -2.50. The van der Waals surface area contributed by atoms with E-state index in [-0.39, 0.29) is 30.4 Å². The van der Waals surface area contributed by atoms with Gasteiger partial charge in [0.2, 0.25) is 5.91 Å². The predicted molar refractivity (Wildman–Crippen MR) is 112 cm³/mol. The molecule has 1 saturated carbocycles. The van der Waals surface area contributed by atoms with Gasteiger partial charge in [-0.1, -0.05) is 19.3 Å². The monoisotopic (exact) mass is 480 g/mol. The molecule has 0 aromatic heterocycles. The number of piperidine rings is 1. The van der Waals surface area contributed by atoms with Crippen molar-refractivity contribution in [1.29, 1.82) is 0 Å². The Balaban J connectivity index is 1.48. The number of nitrogens with zero attached hydrogens (tertiary/aromatic N) is 1. The quantitative estimate of drug-likeness (QED) is 0.407. The average molecular weight is 480 g/mol. The van der Waals surface area contributed by atoms with Gasteiger partial charge in [0.15, 0.2) is 0 Å². The van der Waals surface area contributed by atoms with Crippen LogP contribution in [0.5, 0.6) is 0 Å². The summed E-state index contributed by atoms with van der Waals surface area (Å²) in [5.41, 5.74) is 2.98. The molecule has 1 aliphatic carbocycles. The molecule has 0 spiro atoms. The van der Waals surface area contributed by atoms with Crippen LogP contribution in [0.15, 0.2) is 18.2 Å². The van der Waals surface area contributed by atoms with Crippen LogP contribution in [0.25, 0.3) is 0 Å². The molecule has 1 aromatic rings. The Labute approximate surface area is 189 Å². The van der Waals surface area contributed by atoms with E-state index in [2.05, 4.69) is 10.6 Å². The van der Waals surface area contributed by atoms with Crippen molar-refractivity contribution in [2.45, 2.75) is 75.3 Å². The number of anilines is 1. The van der Waals surface area contributed by atoms with Crippen molar-refractivity contribution in [1.82, 2.24) is 10.2 Å². The van der Waals surface area contributed by atoms with Gasteiger partial charge in [0.1, 0.15) is 0 Å². The number of nitrogens with one attached hydrogen (secondary N) is 2. The number of hydrogen-bond acceptors (Lipinski definition) is 4. The second-order valence-corrected chi connectivity index (χ2v) is 9.11. The van der Waals surface area contributed by atoms with Gasteiger partial charge < -0.3 is 16.0 Å². The molecule has 5 nitrogen and oxygen atoms in total. The van der Waals surface area contributed by atoms with Gasteiger partial charge in [-0.3, -0.25) is 10.1 Å². The molecule has 11 heteroatoms. The maximum atomic E-state index is 13.0. The van der Waals surface area contributed by atoms with Crippen molar-refractivity contribution in [3.8, 4) is 0 Å². The van der Waals surface area contributed by atoms with E-state index in [9.17, 15) is 31.1 Å². The van der Waals surface area contributed by atoms with E-state index in [1.165, 1.54) is 0 Å². The summed E-state index contributed by atoms with van der Waals surface area (Å²) < 4.78 is 77.8. The molecule has 186 valence electrons. The molecule has 1 heterocycles. The van der Waals surface area contributed by atoms with Crippen LogP contribution in [-0.4, -0.2) is 42.1 Å². The second kappa shape index (κ2) is 10.1. The van der Waals surface area contributed by atoms with Crippen molar-refractivity contribution < 1.29 is 31.1 Å². The molecule has 0 atom stereocenters. The Morgan fingerprint density at radius 3 is 2.03 bits per heavy atom. The van der Waals surface area contributed by atoms with E-state index in [4.69, 9.17) is 5.73 Å². The zero-order chi connectivity index (χ0) is 24.3. The normalized spacial score (nSPS) is 20.0. The van der Waals surface area contributed by atoms with Gasteiger partial charge >= 0.3 is 12.4 Å². The first kappa shape index (κ1) is 25.6. The number of rotatable bonds is 6. The minimum atomic E-state index is -4.88. The molecule has 33 heavy (non-hydrogen) atoms. The fourth-order valence-electron chi connectivity index (χ4n) is 4.53. The number of halogens is 6. The Morgan fingerprint density at radius 1 is 0.970 bits per heavy atom. The molecular formula is C22H30F6N4O. The fourth-order valence-corrected chi connectivity index (χ4v) is 4.53. The number of alkyl halides is 6. The van der Waals surface area contributed by atoms with Crippen molar-refractivity contribution >= 4 is 11.6 Å². The van der Waals surface area contributed by atoms with Crippen LogP contribution in [0.3, 0.4) is 0 Å². The minimum Gasteiger partial charge on any atom is -0.372 e. The van der Waals surface area contributed by atoms with Gasteiger partial charge in [0.25, 0.3) is 0 Å². The van der Waals surface area contributed by atoms with Gasteiger partial charge in [-0.05, 0) is 43.9 Å². The first-order valence-electron chi connectivity index (χ1n) is 11.2. The molecule has 3 rings (SSSR count). The van der Waals surface area contributed by atoms with E-state index < -0.39 is 29.0 Å². The molecule has 2 fully saturated rings. The van der Waals surface area contributed by atoms with E-state index in [0.717, 1.165) is 32.1 Å². The SMILES string of the molecule is NC1(CC(=O)N2CCC(NCNc3cc(C(F)(F)F)cc(C(F)(F)F)c3)CC2)CCCCC1. The minimum absolute atomic E-state index is 0.00311. The Morgan fingerprint density at radius 2 is 1.52 bits per heavy atom. The number of benzene rings is 1. The Hall–Kier alpha value is -2.01. The molecule has 1 aliphatic heterocycles. The summed E-state index contributed by atoms with van der Waals surface area (Å²) in [6, 6.07) is 1.42. The van der Waals surface area contributed by atoms with Crippen LogP contribution >= 0.6 is 0 Å². The third-order valence-corrected chi connectivity index (χ3v) is 6.47. The van der Waals surface area contributed by atoms with Gasteiger partial charge in [0.05, 0.1) is 17.8 Å². The topological polar surface area (TPSA) is 70.4 Å². The zero-order valence-electron chi connectivity index (χ0n) is 18.3. The van der Waals surface area contributed by atoms with Crippen LogP contribution in [0.4, 0.5) is 32.0 Å². The van der Waals surface area contributed by atoms with E-state index in [0.29, 0.717) is 44.5 Å². The van der Waals surface area contributed by atoms with Crippen molar-refractivity contribution in [3.63, 3.8) is 0 Å². The number of hydrogen-bond donors (Lipinski definition) is 3. The average Bonchev–Trinajstić information content (AvgIpc) is 2.73. The number of carbonyl (C=O) groups is 1. The lowest BCUT2D eigenvalue weighted by atomic mass is 9.80. The van der Waals surface area contributed by atoms with Crippen LogP contribution in [0, 0.1) is 0 Å². The third-order valence-electron chi connectivity index (χ3n) is 6.47. The maximum Gasteiger partial charge on any atom is 0.416 e. The van der Waals surface area contributed by atoms with Gasteiger partial charge in [-0.2, -0.15) is 26.3 Å². The van der Waals surface area contributed by atoms with Crippen molar-refractivity contribution in [2.24, 2.45) is 5.73 Å². The highest BCUT2D eigenvalue weighted by Gasteiger charge is 2.37. The summed E-state index contributed by atoms with van der Waals surface area (Å²) in [7, 11) is 0. The highest BCUT2D eigenvalue weighted by atomic mass is 19.4. The number of nitrogens with two attached hydrogens (primary N) is 1. The third kappa shape index (κ3) is 7.23. The van der Waals surface area contributed by atoms with Gasteiger partial charge in [-0.15, -0.1) is 0 Å². The smallest absolute Gasteiger partial charge is 0.372 e. The van der Waals surface area contributed by atoms with E-state index >= 15 is 0 Å². The molecule has 4 N–H and O–H groups in total. The Bertz CT molecular complexity index is 780. The molecule has 0 radical (unpaired) electrons. The van der Waals surface area contributed by atoms with Crippen LogP contribution in [0.1, 0.15) is 62.5 Å². The lowest BCUT2D eigenvalue weighted by molar-refractivity contribution is -0.143. The molecule has 2 aliphatic rings. The van der Waals surface area contributed by atoms with E-state index in [1.807, 2.05) is 0 Å². The predicted octanol–water partition coefficient (Wildman–Crippen LogP) is 4.73. The Kier molecular flexibility index (Phi) is 7.83. The van der Waals surface area contributed by atoms with Crippen molar-refractivity contribution in [3.05, 3.63) is 29.3 Å². The van der Waals surface area contributed by atoms with Crippen molar-refractivity contribution in [2.75, 3.05) is 25.1 Å². The summed E-state index contributed by atoms with van der Waals surface area (Å²) in [5, 5.41) is 5.70. The van der Waals surface area contributed by atoms with Gasteiger partial charge in [0, 0.05) is 36.8 Å². The molecular weight excluding hydrogens is 450 g/mol. The highest BCUT2D eigenvalue weighted by Crippen LogP contribution is 2.37. The van der Waals surface area contributed by atoms with Gasteiger partial charge in [-0.25, -0.2) is 0 Å². The maximum absolute atomic E-state index is 13.0. The first-order valence-corrected chi connectivity index (χ1v) is 11.2. The fraction of sp³-hybridized carbons (Fsp3) is 0.682. The molecule has 1 amide bonds. The first-order chi connectivity index (χ1) is 15.4. The zero-order valence-corrected chi connectivity index (χ0v) is 18.3. The largest absolute Gasteiger partial charge is 0.416 e. The summed E-state index contributed by atoms with van der Waals surface area (Å²) in [6.45, 7) is 1.08. The number of likely N-dealkylation sites (tertiary alicyclic amines) is 1. The summed E-state index contributed by atoms with van der Waals surface area (Å²) in [5.74, 6) is 0.0413. The molecule has 0 bridgehead atoms. The van der Waals surface area contributed by atoms with Crippen LogP contribution in [0.2, 0.25) is 0 Å². The lowest BCUT2D eigenvalue weighted by Gasteiger charge is -2.37. The standard InChI is InChI=1S/C22H30F6N4O/c23-21(24,25)15-10-16(22(26,27)28)12-18(11-15)31-14-30-17-4-8-32(9-5-17)19(33)13-20(29)6-2-1-3-7-20/h10-12,17,30-31H,1-9,13-14,29H2. The summed E-state index contributed by atoms with van der Waals surface area (Å²) in [6.07, 6.45) is -3.21. The second-order valence-electron chi connectivity index (χ2n) is 9.11. The molecule has 1 aromatic carbocycles. The molecule has 1 saturated heterocycles. The van der Waals surface area contributed by atoms with E-state index in [1.54, 1.807) is 4.90 Å².